The Kier molecular flexibility index (Phi) is 6.36. The van der Waals surface area contributed by atoms with Gasteiger partial charge in [-0.1, -0.05) is 6.92 Å². The number of rotatable bonds is 6. The molecule has 0 fully saturated rings. The minimum Gasteiger partial charge on any atom is -0.463 e. The van der Waals surface area contributed by atoms with E-state index in [1.807, 2.05) is 20.8 Å². The summed E-state index contributed by atoms with van der Waals surface area (Å²) in [5, 5.41) is 0. The average Bonchev–Trinajstić information content (AvgIpc) is 2.14. The summed E-state index contributed by atoms with van der Waals surface area (Å²) in [4.78, 5) is 23.5. The van der Waals surface area contributed by atoms with Crippen molar-refractivity contribution in [2.45, 2.75) is 67.1 Å². The first-order valence-electron chi connectivity index (χ1n) is 6.48. The summed E-state index contributed by atoms with van der Waals surface area (Å²) in [5.74, 6) is -0.680. The van der Waals surface area contributed by atoms with Gasteiger partial charge in [0.2, 0.25) is 0 Å². The molecule has 0 saturated carbocycles. The van der Waals surface area contributed by atoms with Gasteiger partial charge in [0, 0.05) is 6.42 Å². The maximum absolute atomic E-state index is 11.9. The maximum Gasteiger partial charge on any atom is 0.312 e. The first-order valence-corrected chi connectivity index (χ1v) is 6.48. The van der Waals surface area contributed by atoms with Crippen molar-refractivity contribution in [1.82, 2.24) is 0 Å². The van der Waals surface area contributed by atoms with E-state index in [4.69, 9.17) is 9.47 Å². The molecule has 0 heterocycles. The van der Waals surface area contributed by atoms with E-state index < -0.39 is 5.41 Å². The van der Waals surface area contributed by atoms with Gasteiger partial charge in [0.05, 0.1) is 17.6 Å². The lowest BCUT2D eigenvalue weighted by molar-refractivity contribution is -0.162. The molecule has 0 aliphatic heterocycles. The molecular weight excluding hydrogens is 232 g/mol. The Balaban J connectivity index is 4.50. The van der Waals surface area contributed by atoms with Crippen molar-refractivity contribution in [3.05, 3.63) is 0 Å². The van der Waals surface area contributed by atoms with Crippen LogP contribution in [-0.2, 0) is 19.1 Å². The summed E-state index contributed by atoms with van der Waals surface area (Å²) in [7, 11) is 0. The molecule has 1 atom stereocenters. The highest BCUT2D eigenvalue weighted by Gasteiger charge is 2.37. The molecular formula is C14H26O4. The molecule has 4 heteroatoms. The van der Waals surface area contributed by atoms with Gasteiger partial charge in [-0.2, -0.15) is 0 Å². The first kappa shape index (κ1) is 16.9. The molecule has 0 bridgehead atoms. The van der Waals surface area contributed by atoms with Gasteiger partial charge in [-0.25, -0.2) is 0 Å². The maximum atomic E-state index is 11.9. The predicted molar refractivity (Wildman–Crippen MR) is 70.0 cm³/mol. The van der Waals surface area contributed by atoms with E-state index in [-0.39, 0.29) is 36.5 Å². The second kappa shape index (κ2) is 6.76. The SMILES string of the molecule is CC(C)OC(=O)CC(C)C(C)(C)C(=O)OC(C)C. The molecule has 0 aliphatic carbocycles. The van der Waals surface area contributed by atoms with E-state index in [2.05, 4.69) is 0 Å². The molecule has 0 saturated heterocycles. The van der Waals surface area contributed by atoms with E-state index in [1.54, 1.807) is 27.7 Å². The van der Waals surface area contributed by atoms with Gasteiger partial charge in [0.25, 0.3) is 0 Å². The third-order valence-corrected chi connectivity index (χ3v) is 2.94. The van der Waals surface area contributed by atoms with Crippen LogP contribution in [0.1, 0.15) is 54.9 Å². The van der Waals surface area contributed by atoms with E-state index in [9.17, 15) is 9.59 Å². The Hall–Kier alpha value is -1.06. The van der Waals surface area contributed by atoms with E-state index in [0.717, 1.165) is 0 Å². The number of hydrogen-bond acceptors (Lipinski definition) is 4. The second-order valence-electron chi connectivity index (χ2n) is 5.82. The fraction of sp³-hybridized carbons (Fsp3) is 0.857. The summed E-state index contributed by atoms with van der Waals surface area (Å²) in [5.41, 5.74) is -0.694. The van der Waals surface area contributed by atoms with Crippen LogP contribution in [0.25, 0.3) is 0 Å². The lowest BCUT2D eigenvalue weighted by Crippen LogP contribution is -2.36. The molecule has 4 nitrogen and oxygen atoms in total. The lowest BCUT2D eigenvalue weighted by Gasteiger charge is -2.29. The molecule has 1 unspecified atom stereocenters. The van der Waals surface area contributed by atoms with E-state index in [0.29, 0.717) is 0 Å². The predicted octanol–water partition coefficient (Wildman–Crippen LogP) is 2.94. The molecule has 106 valence electrons. The lowest BCUT2D eigenvalue weighted by atomic mass is 9.78. The molecule has 0 N–H and O–H groups in total. The van der Waals surface area contributed by atoms with Crippen LogP contribution in [0.15, 0.2) is 0 Å². The van der Waals surface area contributed by atoms with Crippen LogP contribution < -0.4 is 0 Å². The van der Waals surface area contributed by atoms with Crippen LogP contribution in [-0.4, -0.2) is 24.1 Å². The average molecular weight is 258 g/mol. The van der Waals surface area contributed by atoms with Gasteiger partial charge in [0.15, 0.2) is 0 Å². The molecule has 0 aromatic carbocycles. The van der Waals surface area contributed by atoms with Crippen LogP contribution >= 0.6 is 0 Å². The summed E-state index contributed by atoms with van der Waals surface area (Å²) < 4.78 is 10.3. The molecule has 18 heavy (non-hydrogen) atoms. The van der Waals surface area contributed by atoms with Crippen molar-refractivity contribution >= 4 is 11.9 Å². The van der Waals surface area contributed by atoms with Crippen molar-refractivity contribution < 1.29 is 19.1 Å². The minimum atomic E-state index is -0.694. The first-order chi connectivity index (χ1) is 8.07. The van der Waals surface area contributed by atoms with E-state index in [1.165, 1.54) is 0 Å². The monoisotopic (exact) mass is 258 g/mol. The molecule has 0 aromatic heterocycles. The van der Waals surface area contributed by atoms with Gasteiger partial charge in [0.1, 0.15) is 0 Å². The summed E-state index contributed by atoms with van der Waals surface area (Å²) >= 11 is 0. The third kappa shape index (κ3) is 5.52. The minimum absolute atomic E-state index is 0.129. The fourth-order valence-corrected chi connectivity index (χ4v) is 1.38. The fourth-order valence-electron chi connectivity index (χ4n) is 1.38. The van der Waals surface area contributed by atoms with Gasteiger partial charge in [-0.3, -0.25) is 9.59 Å². The Morgan fingerprint density at radius 3 is 1.78 bits per heavy atom. The van der Waals surface area contributed by atoms with Crippen molar-refractivity contribution in [3.63, 3.8) is 0 Å². The van der Waals surface area contributed by atoms with Gasteiger partial charge >= 0.3 is 11.9 Å². The normalized spacial score (nSPS) is 13.6. The molecule has 0 radical (unpaired) electrons. The van der Waals surface area contributed by atoms with Gasteiger partial charge in [-0.05, 0) is 47.5 Å². The highest BCUT2D eigenvalue weighted by atomic mass is 16.5. The number of esters is 2. The van der Waals surface area contributed by atoms with Crippen LogP contribution in [0, 0.1) is 11.3 Å². The second-order valence-corrected chi connectivity index (χ2v) is 5.82. The third-order valence-electron chi connectivity index (χ3n) is 2.94. The Bertz CT molecular complexity index is 292. The Morgan fingerprint density at radius 2 is 1.39 bits per heavy atom. The van der Waals surface area contributed by atoms with E-state index >= 15 is 0 Å². The van der Waals surface area contributed by atoms with Crippen LogP contribution in [0.5, 0.6) is 0 Å². The summed E-state index contributed by atoms with van der Waals surface area (Å²) in [6.07, 6.45) is -0.0553. The van der Waals surface area contributed by atoms with Gasteiger partial charge in [-0.15, -0.1) is 0 Å². The van der Waals surface area contributed by atoms with Crippen molar-refractivity contribution in [2.75, 3.05) is 0 Å². The standard InChI is InChI=1S/C14H26O4/c1-9(2)17-12(15)8-11(5)14(6,7)13(16)18-10(3)4/h9-11H,8H2,1-7H3. The molecule has 0 aromatic rings. The molecule has 0 spiro atoms. The Morgan fingerprint density at radius 1 is 0.944 bits per heavy atom. The van der Waals surface area contributed by atoms with Crippen molar-refractivity contribution in [3.8, 4) is 0 Å². The van der Waals surface area contributed by atoms with Crippen LogP contribution in [0.3, 0.4) is 0 Å². The molecule has 0 rings (SSSR count). The highest BCUT2D eigenvalue weighted by Crippen LogP contribution is 2.31. The number of hydrogen-bond donors (Lipinski definition) is 0. The topological polar surface area (TPSA) is 52.6 Å². The van der Waals surface area contributed by atoms with Crippen LogP contribution in [0.2, 0.25) is 0 Å². The molecule has 0 amide bonds. The summed E-state index contributed by atoms with van der Waals surface area (Å²) in [6.45, 7) is 12.7. The van der Waals surface area contributed by atoms with Gasteiger partial charge < -0.3 is 9.47 Å². The zero-order valence-corrected chi connectivity index (χ0v) is 12.6. The smallest absolute Gasteiger partial charge is 0.312 e. The van der Waals surface area contributed by atoms with Crippen molar-refractivity contribution in [2.24, 2.45) is 11.3 Å². The zero-order chi connectivity index (χ0) is 14.5. The number of ether oxygens (including phenoxy) is 2. The van der Waals surface area contributed by atoms with Crippen LogP contribution in [0.4, 0.5) is 0 Å². The quantitative estimate of drug-likeness (QED) is 0.687. The number of carbonyl (C=O) groups excluding carboxylic acids is 2. The zero-order valence-electron chi connectivity index (χ0n) is 12.6. The largest absolute Gasteiger partial charge is 0.463 e. The Labute approximate surface area is 110 Å². The number of carbonyl (C=O) groups is 2. The van der Waals surface area contributed by atoms with Crippen molar-refractivity contribution in [1.29, 1.82) is 0 Å². The molecule has 0 aliphatic rings. The summed E-state index contributed by atoms with van der Waals surface area (Å²) in [6, 6.07) is 0. The highest BCUT2D eigenvalue weighted by molar-refractivity contribution is 5.78.